The van der Waals surface area contributed by atoms with Gasteiger partial charge in [-0.1, -0.05) is 0 Å². The number of carbonyl (C=O) groups excluding carboxylic acids is 4. The fourth-order valence-electron chi connectivity index (χ4n) is 12.2. The highest BCUT2D eigenvalue weighted by molar-refractivity contribution is 6.15. The molecule has 4 aliphatic heterocycles. The van der Waals surface area contributed by atoms with Gasteiger partial charge in [0, 0.05) is 70.0 Å². The first-order valence-electron chi connectivity index (χ1n) is 24.7. The Morgan fingerprint density at radius 3 is 0.833 bits per heavy atom. The molecule has 2 aromatic carbocycles. The van der Waals surface area contributed by atoms with Crippen molar-refractivity contribution < 1.29 is 38.1 Å². The number of benzene rings is 2. The Balaban J connectivity index is 1.47. The normalized spacial score (nSPS) is 28.5. The number of fused-ring (bicyclic) bond motifs is 1. The molecule has 4 saturated heterocycles. The lowest BCUT2D eigenvalue weighted by molar-refractivity contribution is 0.0205. The highest BCUT2D eigenvalue weighted by Gasteiger charge is 2.41. The average Bonchev–Trinajstić information content (AvgIpc) is 3.43. The Kier molecular flexibility index (Phi) is 14.4. The van der Waals surface area contributed by atoms with Gasteiger partial charge in [-0.2, -0.15) is 0 Å². The molecule has 0 amide bonds. The summed E-state index contributed by atoms with van der Waals surface area (Å²) >= 11 is 0. The maximum absolute atomic E-state index is 14.9. The molecule has 368 valence electrons. The Hall–Kier alpha value is -3.58. The molecule has 0 spiro atoms. The number of ether oxygens (including phenoxy) is 4. The quantitative estimate of drug-likeness (QED) is 0.147. The second-order valence-corrected chi connectivity index (χ2v) is 25.8. The summed E-state index contributed by atoms with van der Waals surface area (Å²) in [6.45, 7) is 34.1. The van der Waals surface area contributed by atoms with E-state index in [0.29, 0.717) is 62.1 Å². The molecular formula is C54H84N4O8. The molecule has 4 aliphatic rings. The first-order chi connectivity index (χ1) is 30.1. The smallest absolute Gasteiger partial charge is 0.339 e. The predicted octanol–water partition coefficient (Wildman–Crippen LogP) is 10.3. The lowest BCUT2D eigenvalue weighted by Crippen LogP contribution is -2.51. The van der Waals surface area contributed by atoms with Crippen LogP contribution in [0.25, 0.3) is 10.8 Å². The van der Waals surface area contributed by atoms with Gasteiger partial charge < -0.3 is 40.2 Å². The van der Waals surface area contributed by atoms with Crippen molar-refractivity contribution >= 4 is 34.6 Å². The molecule has 0 aromatic heterocycles. The third-order valence-electron chi connectivity index (χ3n) is 14.1. The molecule has 0 radical (unpaired) electrons. The molecule has 12 heteroatoms. The number of rotatable bonds is 8. The van der Waals surface area contributed by atoms with Gasteiger partial charge in [0.05, 0.1) is 22.3 Å². The molecule has 0 saturated carbocycles. The monoisotopic (exact) mass is 917 g/mol. The van der Waals surface area contributed by atoms with Gasteiger partial charge in [0.15, 0.2) is 0 Å². The van der Waals surface area contributed by atoms with Crippen molar-refractivity contribution in [1.29, 1.82) is 0 Å². The Morgan fingerprint density at radius 2 is 0.591 bits per heavy atom. The van der Waals surface area contributed by atoms with E-state index in [2.05, 4.69) is 132 Å². The second-order valence-electron chi connectivity index (χ2n) is 25.8. The maximum Gasteiger partial charge on any atom is 0.339 e. The summed E-state index contributed by atoms with van der Waals surface area (Å²) in [5.74, 6) is -2.53. The Bertz CT molecular complexity index is 2020. The third-order valence-corrected chi connectivity index (χ3v) is 14.1. The number of esters is 4. The van der Waals surface area contributed by atoms with Gasteiger partial charge in [-0.15, -0.1) is 0 Å². The summed E-state index contributed by atoms with van der Waals surface area (Å²) in [6, 6.07) is 6.23. The van der Waals surface area contributed by atoms with Crippen LogP contribution in [0.15, 0.2) is 24.3 Å². The number of carbonyl (C=O) groups is 4. The molecule has 4 unspecified atom stereocenters. The maximum atomic E-state index is 14.9. The van der Waals surface area contributed by atoms with Crippen LogP contribution in [0.5, 0.6) is 0 Å². The van der Waals surface area contributed by atoms with E-state index in [-0.39, 0.29) is 66.6 Å². The van der Waals surface area contributed by atoms with E-state index >= 15 is 0 Å². The molecule has 0 bridgehead atoms. The topological polar surface area (TPSA) is 153 Å². The molecular weight excluding hydrogens is 833 g/mol. The number of hydrogen-bond acceptors (Lipinski definition) is 12. The molecule has 4 atom stereocenters. The zero-order chi connectivity index (χ0) is 49.1. The van der Waals surface area contributed by atoms with E-state index in [1.165, 1.54) is 12.1 Å². The van der Waals surface area contributed by atoms with Crippen LogP contribution < -0.4 is 21.3 Å². The van der Waals surface area contributed by atoms with Crippen molar-refractivity contribution in [2.45, 2.75) is 257 Å². The Labute approximate surface area is 395 Å². The molecule has 4 fully saturated rings. The Morgan fingerprint density at radius 1 is 0.364 bits per heavy atom. The van der Waals surface area contributed by atoms with E-state index in [4.69, 9.17) is 18.9 Å². The van der Waals surface area contributed by atoms with Crippen LogP contribution in [-0.4, -0.2) is 92.6 Å². The first-order valence-corrected chi connectivity index (χ1v) is 24.7. The summed E-state index contributed by atoms with van der Waals surface area (Å²) in [5, 5.41) is 15.4. The van der Waals surface area contributed by atoms with Crippen LogP contribution in [0.2, 0.25) is 0 Å². The average molecular weight is 917 g/mol. The lowest BCUT2D eigenvalue weighted by Gasteiger charge is -2.34. The predicted molar refractivity (Wildman–Crippen MR) is 261 cm³/mol. The minimum atomic E-state index is -0.654. The van der Waals surface area contributed by atoms with Crippen LogP contribution in [0, 0.1) is 0 Å². The van der Waals surface area contributed by atoms with Crippen LogP contribution >= 0.6 is 0 Å². The highest BCUT2D eigenvalue weighted by Crippen LogP contribution is 2.37. The minimum absolute atomic E-state index is 0.0597. The SMILES string of the molecule is CC1(C)CCC(OC(=O)c2cc(C(=O)OC3CCC(C)(C)NC(C)(C)C3)c3cc(C(=O)OC4CCC(C)(C)NC(C)(C)C4)cc(C(=O)OC4CCC(C)(C)NC(C)(C)C4)c3c2)CC(C)(C)N1. The standard InChI is InChI=1S/C54H84N4O8/c1-47(2)21-17-35(29-51(9,10)55-47)63-43(59)33-25-39-40(41(27-33)45(61)65-37-19-23-49(5,6)57-53(13,14)31-37)26-34(44(60)64-36-18-22-48(3,4)56-52(11,12)30-36)28-42(39)46(62)66-38-20-24-50(7,8)58-54(15,16)32-38/h25-28,35-38,55-58H,17-24,29-32H2,1-16H3. The van der Waals surface area contributed by atoms with Gasteiger partial charge in [0.25, 0.3) is 0 Å². The zero-order valence-corrected chi connectivity index (χ0v) is 43.4. The van der Waals surface area contributed by atoms with Gasteiger partial charge >= 0.3 is 23.9 Å². The summed E-state index contributed by atoms with van der Waals surface area (Å²) in [7, 11) is 0. The van der Waals surface area contributed by atoms with E-state index in [9.17, 15) is 19.2 Å². The fourth-order valence-corrected chi connectivity index (χ4v) is 12.2. The van der Waals surface area contributed by atoms with Crippen LogP contribution in [0.1, 0.15) is 229 Å². The minimum Gasteiger partial charge on any atom is -0.459 e. The first kappa shape index (κ1) is 51.8. The van der Waals surface area contributed by atoms with Crippen LogP contribution in [0.3, 0.4) is 0 Å². The van der Waals surface area contributed by atoms with Crippen molar-refractivity contribution in [2.75, 3.05) is 0 Å². The molecule has 2 aromatic rings. The molecule has 4 heterocycles. The number of hydrogen-bond donors (Lipinski definition) is 4. The van der Waals surface area contributed by atoms with Gasteiger partial charge in [-0.3, -0.25) is 0 Å². The van der Waals surface area contributed by atoms with E-state index in [0.717, 1.165) is 25.7 Å². The molecule has 6 rings (SSSR count). The summed E-state index contributed by atoms with van der Waals surface area (Å²) in [6.07, 6.45) is 6.29. The highest BCUT2D eigenvalue weighted by atomic mass is 16.6. The van der Waals surface area contributed by atoms with Gasteiger partial charge in [0.2, 0.25) is 0 Å². The van der Waals surface area contributed by atoms with Crippen molar-refractivity contribution in [1.82, 2.24) is 21.3 Å². The van der Waals surface area contributed by atoms with Crippen LogP contribution in [-0.2, 0) is 18.9 Å². The van der Waals surface area contributed by atoms with Gasteiger partial charge in [-0.05, 0) is 197 Å². The summed E-state index contributed by atoms with van der Waals surface area (Å²) in [4.78, 5) is 58.7. The van der Waals surface area contributed by atoms with Crippen molar-refractivity contribution in [2.24, 2.45) is 0 Å². The molecule has 12 nitrogen and oxygen atoms in total. The van der Waals surface area contributed by atoms with Crippen LogP contribution in [0.4, 0.5) is 0 Å². The van der Waals surface area contributed by atoms with Gasteiger partial charge in [-0.25, -0.2) is 19.2 Å². The number of nitrogens with one attached hydrogen (secondary N) is 4. The zero-order valence-electron chi connectivity index (χ0n) is 43.4. The van der Waals surface area contributed by atoms with E-state index < -0.39 is 48.3 Å². The van der Waals surface area contributed by atoms with Gasteiger partial charge in [0.1, 0.15) is 24.4 Å². The molecule has 0 aliphatic carbocycles. The second kappa shape index (κ2) is 18.4. The van der Waals surface area contributed by atoms with E-state index in [1.54, 1.807) is 12.1 Å². The summed E-state index contributed by atoms with van der Waals surface area (Å²) in [5.41, 5.74) is -1.64. The van der Waals surface area contributed by atoms with Crippen molar-refractivity contribution in [3.63, 3.8) is 0 Å². The molecule has 4 N–H and O–H groups in total. The van der Waals surface area contributed by atoms with Crippen molar-refractivity contribution in [3.05, 3.63) is 46.5 Å². The molecule has 66 heavy (non-hydrogen) atoms. The largest absolute Gasteiger partial charge is 0.459 e. The fraction of sp³-hybridized carbons (Fsp3) is 0.741. The van der Waals surface area contributed by atoms with E-state index in [1.807, 2.05) is 0 Å². The third kappa shape index (κ3) is 13.8. The summed E-state index contributed by atoms with van der Waals surface area (Å²) < 4.78 is 25.5. The lowest BCUT2D eigenvalue weighted by atomic mass is 9.93. The van der Waals surface area contributed by atoms with Crippen molar-refractivity contribution in [3.8, 4) is 0 Å².